The van der Waals surface area contributed by atoms with E-state index >= 15 is 0 Å². The normalized spacial score (nSPS) is 23.3. The molecule has 134 valence electrons. The van der Waals surface area contributed by atoms with Gasteiger partial charge >= 0.3 is 6.09 Å². The van der Waals surface area contributed by atoms with Crippen molar-refractivity contribution in [3.8, 4) is 17.6 Å². The minimum Gasteiger partial charge on any atom is -0.493 e. The summed E-state index contributed by atoms with van der Waals surface area (Å²) in [6.45, 7) is 0.860. The van der Waals surface area contributed by atoms with Gasteiger partial charge in [0.1, 0.15) is 0 Å². The van der Waals surface area contributed by atoms with Crippen molar-refractivity contribution in [2.24, 2.45) is 5.92 Å². The summed E-state index contributed by atoms with van der Waals surface area (Å²) in [4.78, 5) is 13.4. The highest BCUT2D eigenvalue weighted by atomic mass is 16.5. The third kappa shape index (κ3) is 3.65. The summed E-state index contributed by atoms with van der Waals surface area (Å²) in [5, 5.41) is 9.49. The molecule has 6 nitrogen and oxygen atoms in total. The van der Waals surface area contributed by atoms with Crippen LogP contribution in [0, 0.1) is 17.2 Å². The van der Waals surface area contributed by atoms with Crippen LogP contribution in [0.3, 0.4) is 0 Å². The van der Waals surface area contributed by atoms with Crippen molar-refractivity contribution in [2.75, 3.05) is 27.3 Å². The number of methoxy groups -OCH3 is 2. The van der Waals surface area contributed by atoms with E-state index in [0.717, 1.165) is 24.2 Å². The van der Waals surface area contributed by atoms with Crippen LogP contribution in [0.5, 0.6) is 11.5 Å². The first-order valence-electron chi connectivity index (χ1n) is 8.73. The molecule has 2 atom stereocenters. The van der Waals surface area contributed by atoms with Crippen LogP contribution in [0.25, 0.3) is 0 Å². The highest BCUT2D eigenvalue weighted by Crippen LogP contribution is 2.38. The van der Waals surface area contributed by atoms with Crippen molar-refractivity contribution >= 4 is 6.09 Å². The fraction of sp³-hybridized carbons (Fsp3) is 0.579. The van der Waals surface area contributed by atoms with Gasteiger partial charge in [-0.3, -0.25) is 0 Å². The molecule has 0 unspecified atom stereocenters. The van der Waals surface area contributed by atoms with Crippen molar-refractivity contribution in [3.05, 3.63) is 23.8 Å². The van der Waals surface area contributed by atoms with Crippen molar-refractivity contribution in [1.29, 1.82) is 5.26 Å². The first-order valence-corrected chi connectivity index (χ1v) is 8.73. The molecule has 2 aliphatic rings. The van der Waals surface area contributed by atoms with Gasteiger partial charge in [-0.2, -0.15) is 5.26 Å². The number of benzene rings is 1. The lowest BCUT2D eigenvalue weighted by Crippen LogP contribution is -2.28. The lowest BCUT2D eigenvalue weighted by atomic mass is 9.90. The Morgan fingerprint density at radius 2 is 1.96 bits per heavy atom. The van der Waals surface area contributed by atoms with Crippen LogP contribution in [-0.4, -0.2) is 44.4 Å². The van der Waals surface area contributed by atoms with E-state index in [1.807, 2.05) is 18.2 Å². The molecule has 1 aromatic carbocycles. The van der Waals surface area contributed by atoms with Crippen molar-refractivity contribution in [1.82, 2.24) is 4.90 Å². The molecule has 3 rings (SSSR count). The van der Waals surface area contributed by atoms with Crippen LogP contribution in [-0.2, 0) is 4.74 Å². The second kappa shape index (κ2) is 7.64. The summed E-state index contributed by atoms with van der Waals surface area (Å²) < 4.78 is 16.4. The molecule has 1 aromatic rings. The van der Waals surface area contributed by atoms with Gasteiger partial charge in [0.15, 0.2) is 11.5 Å². The van der Waals surface area contributed by atoms with Gasteiger partial charge < -0.3 is 19.1 Å². The van der Waals surface area contributed by atoms with Crippen molar-refractivity contribution < 1.29 is 19.0 Å². The van der Waals surface area contributed by atoms with E-state index in [0.29, 0.717) is 18.8 Å². The highest BCUT2D eigenvalue weighted by molar-refractivity contribution is 5.68. The average molecular weight is 344 g/mol. The molecule has 0 radical (unpaired) electrons. The van der Waals surface area contributed by atoms with E-state index in [-0.39, 0.29) is 17.9 Å². The molecular weight excluding hydrogens is 320 g/mol. The maximum Gasteiger partial charge on any atom is 0.409 e. The van der Waals surface area contributed by atoms with E-state index in [1.54, 1.807) is 12.0 Å². The third-order valence-electron chi connectivity index (χ3n) is 5.13. The fourth-order valence-corrected chi connectivity index (χ4v) is 3.75. The van der Waals surface area contributed by atoms with E-state index < -0.39 is 6.09 Å². The standard InChI is InChI=1S/C19H24N2O4/c1-23-17-8-7-13(9-18(17)25-15-5-3-4-6-15)16-12-21(19(22)24-2)11-14(16)10-20/h7-9,14-16H,3-6,11-12H2,1-2H3/t14-,16+/m0/s1. The number of carbonyl (C=O) groups excluding carboxylic acids is 1. The highest BCUT2D eigenvalue weighted by Gasteiger charge is 2.37. The van der Waals surface area contributed by atoms with Gasteiger partial charge in [0, 0.05) is 19.0 Å². The van der Waals surface area contributed by atoms with Gasteiger partial charge in [-0.15, -0.1) is 0 Å². The first kappa shape index (κ1) is 17.4. The summed E-state index contributed by atoms with van der Waals surface area (Å²) in [7, 11) is 2.99. The zero-order valence-electron chi connectivity index (χ0n) is 14.7. The van der Waals surface area contributed by atoms with Crippen LogP contribution in [0.2, 0.25) is 0 Å². The fourth-order valence-electron chi connectivity index (χ4n) is 3.75. The molecule has 0 bridgehead atoms. The Morgan fingerprint density at radius 3 is 2.60 bits per heavy atom. The Bertz CT molecular complexity index is 664. The molecule has 1 heterocycles. The summed E-state index contributed by atoms with van der Waals surface area (Å²) >= 11 is 0. The maximum atomic E-state index is 11.8. The molecule has 1 aliphatic carbocycles. The monoisotopic (exact) mass is 344 g/mol. The van der Waals surface area contributed by atoms with E-state index in [4.69, 9.17) is 14.2 Å². The molecule has 1 saturated heterocycles. The number of carbonyl (C=O) groups is 1. The third-order valence-corrected chi connectivity index (χ3v) is 5.13. The first-order chi connectivity index (χ1) is 12.2. The van der Waals surface area contributed by atoms with Gasteiger partial charge in [-0.05, 0) is 43.4 Å². The van der Waals surface area contributed by atoms with Crippen LogP contribution in [0.1, 0.15) is 37.2 Å². The zero-order valence-corrected chi connectivity index (χ0v) is 14.7. The van der Waals surface area contributed by atoms with Crippen LogP contribution < -0.4 is 9.47 Å². The topological polar surface area (TPSA) is 71.8 Å². The van der Waals surface area contributed by atoms with Gasteiger partial charge in [-0.1, -0.05) is 6.07 Å². The van der Waals surface area contributed by atoms with E-state index in [2.05, 4.69) is 6.07 Å². The number of amides is 1. The van der Waals surface area contributed by atoms with Gasteiger partial charge in [0.05, 0.1) is 32.3 Å². The summed E-state index contributed by atoms with van der Waals surface area (Å²) in [6.07, 6.45) is 4.35. The predicted octanol–water partition coefficient (Wildman–Crippen LogP) is 3.32. The number of hydrogen-bond donors (Lipinski definition) is 0. The predicted molar refractivity (Wildman–Crippen MR) is 91.7 cm³/mol. The molecule has 0 aromatic heterocycles. The quantitative estimate of drug-likeness (QED) is 0.838. The minimum atomic E-state index is -0.390. The molecular formula is C19H24N2O4. The summed E-state index contributed by atoms with van der Waals surface area (Å²) in [5.41, 5.74) is 0.992. The van der Waals surface area contributed by atoms with Crippen LogP contribution >= 0.6 is 0 Å². The second-order valence-corrected chi connectivity index (χ2v) is 6.65. The second-order valence-electron chi connectivity index (χ2n) is 6.65. The van der Waals surface area contributed by atoms with Gasteiger partial charge in [0.25, 0.3) is 0 Å². The van der Waals surface area contributed by atoms with Gasteiger partial charge in [0.2, 0.25) is 0 Å². The number of likely N-dealkylation sites (tertiary alicyclic amines) is 1. The average Bonchev–Trinajstić information content (AvgIpc) is 3.30. The SMILES string of the molecule is COC(=O)N1C[C@H](c2ccc(OC)c(OC3CCCC3)c2)[C@@H](C#N)C1. The van der Waals surface area contributed by atoms with E-state index in [1.165, 1.54) is 20.0 Å². The Balaban J connectivity index is 1.83. The number of nitriles is 1. The number of nitrogens with zero attached hydrogens (tertiary/aromatic N) is 2. The van der Waals surface area contributed by atoms with Crippen LogP contribution in [0.4, 0.5) is 4.79 Å². The largest absolute Gasteiger partial charge is 0.493 e. The smallest absolute Gasteiger partial charge is 0.409 e. The Kier molecular flexibility index (Phi) is 5.32. The number of ether oxygens (including phenoxy) is 3. The number of rotatable bonds is 4. The van der Waals surface area contributed by atoms with E-state index in [9.17, 15) is 10.1 Å². The molecule has 1 amide bonds. The zero-order chi connectivity index (χ0) is 17.8. The van der Waals surface area contributed by atoms with Gasteiger partial charge in [-0.25, -0.2) is 4.79 Å². The minimum absolute atomic E-state index is 0.0547. The molecule has 1 saturated carbocycles. The summed E-state index contributed by atoms with van der Waals surface area (Å²) in [6, 6.07) is 8.12. The van der Waals surface area contributed by atoms with Crippen LogP contribution in [0.15, 0.2) is 18.2 Å². The lowest BCUT2D eigenvalue weighted by molar-refractivity contribution is 0.132. The molecule has 2 fully saturated rings. The van der Waals surface area contributed by atoms with Crippen molar-refractivity contribution in [2.45, 2.75) is 37.7 Å². The molecule has 25 heavy (non-hydrogen) atoms. The lowest BCUT2D eigenvalue weighted by Gasteiger charge is -2.19. The summed E-state index contributed by atoms with van der Waals surface area (Å²) in [5.74, 6) is 1.11. The molecule has 0 spiro atoms. The molecule has 1 aliphatic heterocycles. The molecule has 0 N–H and O–H groups in total. The number of hydrogen-bond acceptors (Lipinski definition) is 5. The Labute approximate surface area is 148 Å². The molecule has 6 heteroatoms. The van der Waals surface area contributed by atoms with Crippen molar-refractivity contribution in [3.63, 3.8) is 0 Å². The maximum absolute atomic E-state index is 11.8. The Hall–Kier alpha value is -2.42. The Morgan fingerprint density at radius 1 is 1.20 bits per heavy atom.